The Hall–Kier alpha value is 0.550. The number of halogens is 2. The lowest BCUT2D eigenvalue weighted by Gasteiger charge is -2.36. The van der Waals surface area contributed by atoms with Crippen LogP contribution in [0.3, 0.4) is 0 Å². The molecular weight excluding hydrogens is 492 g/mol. The van der Waals surface area contributed by atoms with E-state index in [0.717, 1.165) is 8.86 Å². The predicted octanol–water partition coefficient (Wildman–Crippen LogP) is 2.31. The molecule has 0 bridgehead atoms. The molecule has 1 aromatic carbocycles. The summed E-state index contributed by atoms with van der Waals surface area (Å²) in [6, 6.07) is 8.60. The minimum absolute atomic E-state index is 0.0207. The Labute approximate surface area is 141 Å². The van der Waals surface area contributed by atoms with Crippen LogP contribution in [0.15, 0.2) is 35.2 Å². The molecule has 106 valence electrons. The molecule has 4 nitrogen and oxygen atoms in total. The second kappa shape index (κ2) is 7.01. The van der Waals surface area contributed by atoms with Crippen LogP contribution in [0.25, 0.3) is 0 Å². The fraction of sp³-hybridized carbons (Fsp3) is 0.500. The van der Waals surface area contributed by atoms with Crippen LogP contribution in [-0.2, 0) is 14.8 Å². The van der Waals surface area contributed by atoms with Crippen LogP contribution in [0.5, 0.6) is 0 Å². The largest absolute Gasteiger partial charge is 0.371 e. The zero-order valence-electron chi connectivity index (χ0n) is 10.2. The van der Waals surface area contributed by atoms with Crippen molar-refractivity contribution < 1.29 is 13.2 Å². The van der Waals surface area contributed by atoms with Gasteiger partial charge in [-0.3, -0.25) is 0 Å². The van der Waals surface area contributed by atoms with Crippen molar-refractivity contribution in [3.63, 3.8) is 0 Å². The quantitative estimate of drug-likeness (QED) is 0.465. The zero-order valence-corrected chi connectivity index (χ0v) is 15.3. The molecule has 0 amide bonds. The topological polar surface area (TPSA) is 46.6 Å². The molecule has 1 aromatic rings. The van der Waals surface area contributed by atoms with Gasteiger partial charge in [0, 0.05) is 21.9 Å². The van der Waals surface area contributed by atoms with Crippen molar-refractivity contribution >= 4 is 55.2 Å². The Morgan fingerprint density at radius 2 is 1.63 bits per heavy atom. The van der Waals surface area contributed by atoms with Gasteiger partial charge in [0.1, 0.15) is 0 Å². The van der Waals surface area contributed by atoms with Crippen LogP contribution < -0.4 is 0 Å². The van der Waals surface area contributed by atoms with Crippen LogP contribution in [0.4, 0.5) is 0 Å². The van der Waals surface area contributed by atoms with Crippen LogP contribution in [0.1, 0.15) is 0 Å². The van der Waals surface area contributed by atoms with Gasteiger partial charge >= 0.3 is 0 Å². The van der Waals surface area contributed by atoms with Crippen LogP contribution in [-0.4, -0.2) is 46.9 Å². The molecule has 0 saturated carbocycles. The van der Waals surface area contributed by atoms with Gasteiger partial charge in [0.2, 0.25) is 10.0 Å². The lowest BCUT2D eigenvalue weighted by molar-refractivity contribution is -0.0364. The monoisotopic (exact) mass is 507 g/mol. The number of benzene rings is 1. The van der Waals surface area contributed by atoms with Gasteiger partial charge in [-0.05, 0) is 12.1 Å². The minimum atomic E-state index is -3.40. The first-order valence-corrected chi connectivity index (χ1v) is 10.4. The third-order valence-corrected chi connectivity index (χ3v) is 6.74. The number of nitrogens with zero attached hydrogens (tertiary/aromatic N) is 1. The van der Waals surface area contributed by atoms with Crippen LogP contribution in [0.2, 0.25) is 0 Å². The summed E-state index contributed by atoms with van der Waals surface area (Å²) in [6.07, 6.45) is -0.0415. The van der Waals surface area contributed by atoms with E-state index in [1.54, 1.807) is 28.6 Å². The standard InChI is InChI=1S/C12H15I2NO3S/c13-6-10-8-15(9-11(7-14)18-10)19(16,17)12-4-2-1-3-5-12/h1-5,10-11H,6-9H2/t10-,11-/m1/s1. The number of morpholine rings is 1. The molecule has 1 aliphatic rings. The lowest BCUT2D eigenvalue weighted by atomic mass is 10.3. The van der Waals surface area contributed by atoms with Gasteiger partial charge in [0.15, 0.2) is 0 Å². The third kappa shape index (κ3) is 3.80. The molecule has 0 spiro atoms. The molecule has 1 heterocycles. The first-order valence-electron chi connectivity index (χ1n) is 5.90. The van der Waals surface area contributed by atoms with Crippen molar-refractivity contribution in [1.82, 2.24) is 4.31 Å². The highest BCUT2D eigenvalue weighted by molar-refractivity contribution is 14.1. The maximum Gasteiger partial charge on any atom is 0.243 e. The number of hydrogen-bond donors (Lipinski definition) is 0. The van der Waals surface area contributed by atoms with Gasteiger partial charge in [0.25, 0.3) is 0 Å². The van der Waals surface area contributed by atoms with Gasteiger partial charge < -0.3 is 4.74 Å². The summed E-state index contributed by atoms with van der Waals surface area (Å²) in [5.74, 6) is 0. The second-order valence-corrected chi connectivity index (χ2v) is 8.02. The molecule has 1 saturated heterocycles. The fourth-order valence-corrected chi connectivity index (χ4v) is 4.49. The normalized spacial score (nSPS) is 25.4. The Bertz CT molecular complexity index is 497. The Kier molecular flexibility index (Phi) is 5.88. The van der Waals surface area contributed by atoms with Crippen molar-refractivity contribution in [3.8, 4) is 0 Å². The summed E-state index contributed by atoms with van der Waals surface area (Å²) in [5, 5.41) is 0. The van der Waals surface area contributed by atoms with E-state index in [2.05, 4.69) is 45.2 Å². The van der Waals surface area contributed by atoms with E-state index in [1.807, 2.05) is 6.07 Å². The summed E-state index contributed by atoms with van der Waals surface area (Å²) in [6.45, 7) is 0.876. The van der Waals surface area contributed by atoms with E-state index in [4.69, 9.17) is 4.74 Å². The minimum Gasteiger partial charge on any atom is -0.371 e. The SMILES string of the molecule is O=S(=O)(c1ccccc1)N1C[C@@H](CI)O[C@H](CI)C1. The number of ether oxygens (including phenoxy) is 1. The second-order valence-electron chi connectivity index (χ2n) is 4.32. The molecule has 0 radical (unpaired) electrons. The number of sulfonamides is 1. The van der Waals surface area contributed by atoms with E-state index < -0.39 is 10.0 Å². The van der Waals surface area contributed by atoms with E-state index in [9.17, 15) is 8.42 Å². The predicted molar refractivity (Wildman–Crippen MR) is 91.6 cm³/mol. The molecule has 1 aliphatic heterocycles. The molecule has 1 fully saturated rings. The molecule has 0 unspecified atom stereocenters. The third-order valence-electron chi connectivity index (χ3n) is 2.92. The van der Waals surface area contributed by atoms with Crippen molar-refractivity contribution in [2.75, 3.05) is 21.9 Å². The van der Waals surface area contributed by atoms with Crippen molar-refractivity contribution in [2.45, 2.75) is 17.1 Å². The number of hydrogen-bond acceptors (Lipinski definition) is 3. The van der Waals surface area contributed by atoms with Gasteiger partial charge in [-0.15, -0.1) is 0 Å². The average molecular weight is 507 g/mol. The fourth-order valence-electron chi connectivity index (χ4n) is 2.00. The maximum atomic E-state index is 12.6. The molecule has 2 rings (SSSR count). The highest BCUT2D eigenvalue weighted by Crippen LogP contribution is 2.22. The van der Waals surface area contributed by atoms with E-state index >= 15 is 0 Å². The first kappa shape index (κ1) is 15.9. The Morgan fingerprint density at radius 3 is 2.11 bits per heavy atom. The van der Waals surface area contributed by atoms with Crippen molar-refractivity contribution in [2.24, 2.45) is 0 Å². The molecule has 19 heavy (non-hydrogen) atoms. The highest BCUT2D eigenvalue weighted by atomic mass is 127. The van der Waals surface area contributed by atoms with Gasteiger partial charge in [0.05, 0.1) is 17.1 Å². The molecule has 0 aliphatic carbocycles. The smallest absolute Gasteiger partial charge is 0.243 e. The van der Waals surface area contributed by atoms with Crippen LogP contribution in [0, 0.1) is 0 Å². The van der Waals surface area contributed by atoms with Crippen molar-refractivity contribution in [3.05, 3.63) is 30.3 Å². The molecule has 0 N–H and O–H groups in total. The van der Waals surface area contributed by atoms with Gasteiger partial charge in [-0.1, -0.05) is 63.4 Å². The van der Waals surface area contributed by atoms with E-state index in [1.165, 1.54) is 0 Å². The summed E-state index contributed by atoms with van der Waals surface area (Å²) >= 11 is 4.47. The average Bonchev–Trinajstić information content (AvgIpc) is 2.47. The molecular formula is C12H15I2NO3S. The highest BCUT2D eigenvalue weighted by Gasteiger charge is 2.34. The van der Waals surface area contributed by atoms with Gasteiger partial charge in [-0.2, -0.15) is 4.31 Å². The van der Waals surface area contributed by atoms with Gasteiger partial charge in [-0.25, -0.2) is 8.42 Å². The van der Waals surface area contributed by atoms with Crippen molar-refractivity contribution in [1.29, 1.82) is 0 Å². The first-order chi connectivity index (χ1) is 9.07. The van der Waals surface area contributed by atoms with E-state index in [0.29, 0.717) is 18.0 Å². The molecule has 7 heteroatoms. The molecule has 2 atom stereocenters. The van der Waals surface area contributed by atoms with Crippen LogP contribution >= 0.6 is 45.2 Å². The number of alkyl halides is 2. The van der Waals surface area contributed by atoms with E-state index in [-0.39, 0.29) is 12.2 Å². The summed E-state index contributed by atoms with van der Waals surface area (Å²) in [5.41, 5.74) is 0. The summed E-state index contributed by atoms with van der Waals surface area (Å²) < 4.78 is 34.1. The zero-order chi connectivity index (χ0) is 13.9. The Morgan fingerprint density at radius 1 is 1.11 bits per heavy atom. The summed E-state index contributed by atoms with van der Waals surface area (Å²) in [4.78, 5) is 0.358. The number of rotatable bonds is 4. The lowest BCUT2D eigenvalue weighted by Crippen LogP contribution is -2.51. The maximum absolute atomic E-state index is 12.6. The Balaban J connectivity index is 2.24. The summed E-state index contributed by atoms with van der Waals surface area (Å²) in [7, 11) is -3.40. The molecule has 0 aromatic heterocycles.